The van der Waals surface area contributed by atoms with Crippen LogP contribution in [0.1, 0.15) is 142 Å². The first-order chi connectivity index (χ1) is 29.2. The summed E-state index contributed by atoms with van der Waals surface area (Å²) in [7, 11) is -4.65. The van der Waals surface area contributed by atoms with Gasteiger partial charge in [0.25, 0.3) is 0 Å². The van der Waals surface area contributed by atoms with Crippen molar-refractivity contribution in [1.29, 1.82) is 0 Å². The lowest BCUT2D eigenvalue weighted by Crippen LogP contribution is -2.29. The largest absolute Gasteiger partial charge is 0.472 e. The molecule has 0 radical (unpaired) electrons. The van der Waals surface area contributed by atoms with Gasteiger partial charge >= 0.3 is 19.8 Å². The molecule has 1 rings (SSSR count). The highest BCUT2D eigenvalue weighted by atomic mass is 31.2. The number of aliphatic hydroxyl groups is 2. The van der Waals surface area contributed by atoms with E-state index in [-0.39, 0.29) is 19.4 Å². The molecule has 340 valence electrons. The third-order valence-corrected chi connectivity index (χ3v) is 10.1. The lowest BCUT2D eigenvalue weighted by atomic mass is 10.1. The number of epoxide rings is 1. The van der Waals surface area contributed by atoms with E-state index in [9.17, 15) is 24.2 Å². The zero-order valence-electron chi connectivity index (χ0n) is 36.6. The fraction of sp³-hybridized carbons (Fsp3) is 0.625. The van der Waals surface area contributed by atoms with Crippen LogP contribution >= 0.6 is 7.82 Å². The van der Waals surface area contributed by atoms with Gasteiger partial charge in [0.05, 0.1) is 32.0 Å². The van der Waals surface area contributed by atoms with Crippen LogP contribution in [0.2, 0.25) is 0 Å². The Morgan fingerprint density at radius 1 is 0.617 bits per heavy atom. The van der Waals surface area contributed by atoms with E-state index in [1.165, 1.54) is 25.7 Å². The summed E-state index contributed by atoms with van der Waals surface area (Å²) in [5.41, 5.74) is 0. The van der Waals surface area contributed by atoms with Gasteiger partial charge in [-0.3, -0.25) is 18.6 Å². The highest BCUT2D eigenvalue weighted by molar-refractivity contribution is 7.47. The van der Waals surface area contributed by atoms with Crippen molar-refractivity contribution in [3.63, 3.8) is 0 Å². The fourth-order valence-electron chi connectivity index (χ4n) is 5.63. The smallest absolute Gasteiger partial charge is 0.462 e. The molecule has 60 heavy (non-hydrogen) atoms. The van der Waals surface area contributed by atoms with Gasteiger partial charge in [-0.25, -0.2) is 4.57 Å². The maximum absolute atomic E-state index is 12.6. The summed E-state index contributed by atoms with van der Waals surface area (Å²) in [6.07, 6.45) is 49.8. The lowest BCUT2D eigenvalue weighted by molar-refractivity contribution is -0.161. The number of aliphatic hydroxyl groups excluding tert-OH is 2. The Balaban J connectivity index is 2.31. The van der Waals surface area contributed by atoms with Crippen LogP contribution in [0.4, 0.5) is 0 Å². The number of hydrogen-bond donors (Lipinski definition) is 3. The van der Waals surface area contributed by atoms with E-state index in [0.29, 0.717) is 31.5 Å². The van der Waals surface area contributed by atoms with Crippen molar-refractivity contribution in [3.05, 3.63) is 97.2 Å². The van der Waals surface area contributed by atoms with Crippen LogP contribution in [-0.4, -0.2) is 77.9 Å². The molecule has 1 saturated heterocycles. The van der Waals surface area contributed by atoms with Gasteiger partial charge in [-0.05, 0) is 89.9 Å². The molecule has 1 aliphatic heterocycles. The third-order valence-electron chi connectivity index (χ3n) is 9.15. The standard InChI is InChI=1S/C48H77O11P/c1-3-5-7-8-9-10-11-12-13-14-15-16-17-18-19-24-27-30-34-38-48(52)58-44(42-57-60(53,54)56-40-43(50)39-49)41-55-47(51)37-33-29-26-23-21-20-22-25-28-32-36-46-45(59-46)35-31-6-4-2/h5,7,9-10,12-13,15-16,18-20,22-23,26,28,32,43-46,49-50H,3-4,6,8,11,14,17,21,24-25,27,29-31,33-42H2,1-2H3,(H,53,54)/b7-5-,10-9-,13-12-,16-15-,19-18-,22-20-,26-23-,32-28-/t43-,44+,45?,46?/m0/s1. The minimum Gasteiger partial charge on any atom is -0.462 e. The summed E-state index contributed by atoms with van der Waals surface area (Å²) in [4.78, 5) is 35.0. The van der Waals surface area contributed by atoms with Crippen molar-refractivity contribution in [1.82, 2.24) is 0 Å². The molecule has 1 aliphatic rings. The Morgan fingerprint density at radius 2 is 1.15 bits per heavy atom. The second-order valence-electron chi connectivity index (χ2n) is 14.7. The Morgan fingerprint density at radius 3 is 1.73 bits per heavy atom. The molecule has 3 unspecified atom stereocenters. The van der Waals surface area contributed by atoms with Gasteiger partial charge in [0.2, 0.25) is 0 Å². The van der Waals surface area contributed by atoms with E-state index in [1.54, 1.807) is 0 Å². The van der Waals surface area contributed by atoms with Crippen molar-refractivity contribution in [2.45, 2.75) is 167 Å². The van der Waals surface area contributed by atoms with Gasteiger partial charge in [-0.1, -0.05) is 137 Å². The number of carbonyl (C=O) groups is 2. The van der Waals surface area contributed by atoms with Crippen LogP contribution in [0.3, 0.4) is 0 Å². The van der Waals surface area contributed by atoms with Crippen LogP contribution in [0.5, 0.6) is 0 Å². The van der Waals surface area contributed by atoms with Gasteiger partial charge in [0.1, 0.15) is 12.7 Å². The minimum atomic E-state index is -4.65. The molecular weight excluding hydrogens is 783 g/mol. The normalized spacial score (nSPS) is 18.1. The SMILES string of the molecule is CC/C=C\C/C=C\C/C=C\C/C=C\C/C=C\CCCCCC(=O)O[C@H](COC(=O)CCC/C=C\C/C=C\C/C=C\CC1OC1CCCCC)COP(=O)(O)OC[C@@H](O)CO. The molecule has 0 saturated carbocycles. The Hall–Kier alpha value is -3.15. The van der Waals surface area contributed by atoms with Crippen molar-refractivity contribution >= 4 is 19.8 Å². The van der Waals surface area contributed by atoms with E-state index >= 15 is 0 Å². The number of phosphoric ester groups is 1. The summed E-state index contributed by atoms with van der Waals surface area (Å²) in [6, 6.07) is 0. The second kappa shape index (κ2) is 38.7. The molecule has 3 N–H and O–H groups in total. The highest BCUT2D eigenvalue weighted by Gasteiger charge is 2.36. The highest BCUT2D eigenvalue weighted by Crippen LogP contribution is 2.43. The van der Waals surface area contributed by atoms with Gasteiger partial charge in [-0.2, -0.15) is 0 Å². The minimum absolute atomic E-state index is 0.125. The van der Waals surface area contributed by atoms with Crippen molar-refractivity contribution in [2.24, 2.45) is 0 Å². The van der Waals surface area contributed by atoms with E-state index in [4.69, 9.17) is 23.8 Å². The Bertz CT molecular complexity index is 1380. The van der Waals surface area contributed by atoms with Gasteiger partial charge in [0.15, 0.2) is 6.10 Å². The molecule has 0 aliphatic carbocycles. The van der Waals surface area contributed by atoms with Gasteiger partial charge in [-0.15, -0.1) is 0 Å². The maximum Gasteiger partial charge on any atom is 0.472 e. The number of hydrogen-bond acceptors (Lipinski definition) is 10. The summed E-state index contributed by atoms with van der Waals surface area (Å²) >= 11 is 0. The Labute approximate surface area is 361 Å². The number of phosphoric acid groups is 1. The third kappa shape index (κ3) is 35.6. The summed E-state index contributed by atoms with van der Waals surface area (Å²) in [5.74, 6) is -1.04. The average molecular weight is 861 g/mol. The van der Waals surface area contributed by atoms with Crippen LogP contribution in [0.25, 0.3) is 0 Å². The summed E-state index contributed by atoms with van der Waals surface area (Å²) in [6.45, 7) is 2.10. The Kier molecular flexibility index (Phi) is 35.4. The number of carbonyl (C=O) groups excluding carboxylic acids is 2. The topological polar surface area (TPSA) is 161 Å². The number of allylic oxidation sites excluding steroid dienone is 15. The molecule has 0 amide bonds. The number of rotatable bonds is 39. The van der Waals surface area contributed by atoms with E-state index in [1.807, 2.05) is 6.08 Å². The van der Waals surface area contributed by atoms with Gasteiger partial charge in [0, 0.05) is 12.8 Å². The molecule has 0 aromatic rings. The predicted octanol–water partition coefficient (Wildman–Crippen LogP) is 11.0. The molecule has 5 atom stereocenters. The number of esters is 2. The zero-order valence-corrected chi connectivity index (χ0v) is 37.5. The molecule has 11 nitrogen and oxygen atoms in total. The summed E-state index contributed by atoms with van der Waals surface area (Å²) in [5, 5.41) is 18.4. The number of unbranched alkanes of at least 4 members (excludes halogenated alkanes) is 6. The second-order valence-corrected chi connectivity index (χ2v) is 16.2. The van der Waals surface area contributed by atoms with Crippen molar-refractivity contribution in [2.75, 3.05) is 26.4 Å². The van der Waals surface area contributed by atoms with E-state index < -0.39 is 51.8 Å². The fourth-order valence-corrected chi connectivity index (χ4v) is 6.42. The first kappa shape index (κ1) is 54.9. The van der Waals surface area contributed by atoms with Crippen LogP contribution in [-0.2, 0) is 37.4 Å². The monoisotopic (exact) mass is 861 g/mol. The quantitative estimate of drug-likeness (QED) is 0.0177. The van der Waals surface area contributed by atoms with Crippen LogP contribution in [0.15, 0.2) is 97.2 Å². The molecule has 0 spiro atoms. The first-order valence-corrected chi connectivity index (χ1v) is 23.8. The van der Waals surface area contributed by atoms with E-state index in [2.05, 4.69) is 110 Å². The molecule has 1 fully saturated rings. The molecule has 0 aromatic heterocycles. The molecular formula is C48H77O11P. The van der Waals surface area contributed by atoms with Crippen LogP contribution in [0, 0.1) is 0 Å². The molecule has 12 heteroatoms. The lowest BCUT2D eigenvalue weighted by Gasteiger charge is -2.20. The molecule has 0 aromatic carbocycles. The molecule has 1 heterocycles. The predicted molar refractivity (Wildman–Crippen MR) is 241 cm³/mol. The molecule has 0 bridgehead atoms. The number of ether oxygens (including phenoxy) is 3. The van der Waals surface area contributed by atoms with E-state index in [0.717, 1.165) is 70.6 Å². The summed E-state index contributed by atoms with van der Waals surface area (Å²) < 4.78 is 38.4. The van der Waals surface area contributed by atoms with Crippen molar-refractivity contribution in [3.8, 4) is 0 Å². The first-order valence-electron chi connectivity index (χ1n) is 22.3. The average Bonchev–Trinajstić information content (AvgIpc) is 3.99. The maximum atomic E-state index is 12.6. The van der Waals surface area contributed by atoms with Crippen molar-refractivity contribution < 1.29 is 52.5 Å². The van der Waals surface area contributed by atoms with Gasteiger partial charge < -0.3 is 29.3 Å². The van der Waals surface area contributed by atoms with Crippen LogP contribution < -0.4 is 0 Å². The zero-order chi connectivity index (χ0) is 43.8.